The highest BCUT2D eigenvalue weighted by molar-refractivity contribution is 7.80. The number of likely N-dealkylation sites (tertiary alicyclic amines) is 1. The van der Waals surface area contributed by atoms with E-state index in [-0.39, 0.29) is 0 Å². The van der Waals surface area contributed by atoms with Gasteiger partial charge in [0.15, 0.2) is 5.11 Å². The Kier molecular flexibility index (Phi) is 6.51. The van der Waals surface area contributed by atoms with E-state index in [2.05, 4.69) is 85.7 Å². The number of rotatable bonds is 5. The van der Waals surface area contributed by atoms with Crippen LogP contribution in [0.1, 0.15) is 41.6 Å². The Labute approximate surface area is 169 Å². The van der Waals surface area contributed by atoms with Gasteiger partial charge >= 0.3 is 0 Å². The third kappa shape index (κ3) is 5.08. The van der Waals surface area contributed by atoms with Gasteiger partial charge in [0.25, 0.3) is 0 Å². The van der Waals surface area contributed by atoms with E-state index in [0.717, 1.165) is 30.4 Å². The summed E-state index contributed by atoms with van der Waals surface area (Å²) in [6, 6.07) is 15.6. The second kappa shape index (κ2) is 8.85. The predicted octanol–water partition coefficient (Wildman–Crippen LogP) is 4.98. The lowest BCUT2D eigenvalue weighted by molar-refractivity contribution is 0.253. The molecular formula is C23H31N3S. The summed E-state index contributed by atoms with van der Waals surface area (Å²) >= 11 is 5.54. The second-order valence-corrected chi connectivity index (χ2v) is 8.25. The molecule has 3 nitrogen and oxygen atoms in total. The summed E-state index contributed by atoms with van der Waals surface area (Å²) in [7, 11) is 0. The summed E-state index contributed by atoms with van der Waals surface area (Å²) in [6.45, 7) is 11.9. The van der Waals surface area contributed by atoms with Crippen molar-refractivity contribution in [2.24, 2.45) is 5.92 Å². The molecule has 4 heteroatoms. The van der Waals surface area contributed by atoms with Crippen molar-refractivity contribution < 1.29 is 0 Å². The van der Waals surface area contributed by atoms with E-state index in [9.17, 15) is 0 Å². The molecule has 1 aliphatic heterocycles. The van der Waals surface area contributed by atoms with Crippen molar-refractivity contribution >= 4 is 23.0 Å². The first kappa shape index (κ1) is 19.8. The van der Waals surface area contributed by atoms with E-state index in [1.165, 1.54) is 28.7 Å². The molecule has 0 amide bonds. The first-order chi connectivity index (χ1) is 12.9. The van der Waals surface area contributed by atoms with E-state index in [1.807, 2.05) is 0 Å². The standard InChI is InChI=1S/C23H31N3S/c1-16-12-17(2)22(18(3)13-16)25-23(27)24-14-20-10-11-26(15-20)19(4)21-8-6-5-7-9-21/h5-9,12-13,19-20H,10-11,14-15H2,1-4H3,(H2,24,25,27)/t19-,20-/m1/s1. The van der Waals surface area contributed by atoms with Crippen molar-refractivity contribution in [1.82, 2.24) is 10.2 Å². The number of aryl methyl sites for hydroxylation is 3. The molecule has 1 heterocycles. The Morgan fingerprint density at radius 2 is 1.81 bits per heavy atom. The molecule has 2 N–H and O–H groups in total. The first-order valence-corrected chi connectivity index (χ1v) is 10.3. The molecule has 1 aliphatic rings. The van der Waals surface area contributed by atoms with Crippen LogP contribution in [0.4, 0.5) is 5.69 Å². The molecule has 2 aromatic carbocycles. The molecule has 0 spiro atoms. The Bertz CT molecular complexity index is 764. The van der Waals surface area contributed by atoms with Crippen molar-refractivity contribution in [3.63, 3.8) is 0 Å². The second-order valence-electron chi connectivity index (χ2n) is 7.85. The van der Waals surface area contributed by atoms with E-state index in [0.29, 0.717) is 12.0 Å². The molecule has 144 valence electrons. The minimum atomic E-state index is 0.471. The van der Waals surface area contributed by atoms with Crippen LogP contribution >= 0.6 is 12.2 Å². The van der Waals surface area contributed by atoms with Crippen LogP contribution in [0.25, 0.3) is 0 Å². The molecule has 1 fully saturated rings. The van der Waals surface area contributed by atoms with Gasteiger partial charge < -0.3 is 10.6 Å². The van der Waals surface area contributed by atoms with Gasteiger partial charge in [-0.25, -0.2) is 0 Å². The third-order valence-electron chi connectivity index (χ3n) is 5.61. The van der Waals surface area contributed by atoms with Crippen LogP contribution in [0, 0.1) is 26.7 Å². The molecule has 0 radical (unpaired) electrons. The monoisotopic (exact) mass is 381 g/mol. The van der Waals surface area contributed by atoms with Gasteiger partial charge in [0, 0.05) is 24.8 Å². The summed E-state index contributed by atoms with van der Waals surface area (Å²) in [5, 5.41) is 7.55. The molecule has 0 aromatic heterocycles. The Morgan fingerprint density at radius 1 is 1.15 bits per heavy atom. The fourth-order valence-corrected chi connectivity index (χ4v) is 4.28. The van der Waals surface area contributed by atoms with E-state index in [4.69, 9.17) is 12.2 Å². The summed E-state index contributed by atoms with van der Waals surface area (Å²) in [6.07, 6.45) is 1.22. The zero-order valence-corrected chi connectivity index (χ0v) is 17.7. The van der Waals surface area contributed by atoms with E-state index >= 15 is 0 Å². The maximum atomic E-state index is 5.54. The van der Waals surface area contributed by atoms with Gasteiger partial charge in [-0.1, -0.05) is 48.0 Å². The average Bonchev–Trinajstić information content (AvgIpc) is 3.12. The minimum Gasteiger partial charge on any atom is -0.362 e. The zero-order valence-electron chi connectivity index (χ0n) is 16.9. The molecule has 0 aliphatic carbocycles. The topological polar surface area (TPSA) is 27.3 Å². The highest BCUT2D eigenvalue weighted by atomic mass is 32.1. The summed E-state index contributed by atoms with van der Waals surface area (Å²) in [4.78, 5) is 2.58. The fraction of sp³-hybridized carbons (Fsp3) is 0.435. The van der Waals surface area contributed by atoms with Crippen LogP contribution in [0.5, 0.6) is 0 Å². The molecule has 0 unspecified atom stereocenters. The van der Waals surface area contributed by atoms with Crippen LogP contribution in [0.2, 0.25) is 0 Å². The van der Waals surface area contributed by atoms with E-state index in [1.54, 1.807) is 0 Å². The van der Waals surface area contributed by atoms with Crippen molar-refractivity contribution in [2.45, 2.75) is 40.2 Å². The molecule has 2 aromatic rings. The quantitative estimate of drug-likeness (QED) is 0.714. The molecule has 3 rings (SSSR count). The Balaban J connectivity index is 1.49. The number of benzene rings is 2. The van der Waals surface area contributed by atoms with Gasteiger partial charge in [-0.05, 0) is 75.5 Å². The lowest BCUT2D eigenvalue weighted by atomic mass is 10.1. The fourth-order valence-electron chi connectivity index (χ4n) is 4.10. The van der Waals surface area contributed by atoms with Gasteiger partial charge in [-0.3, -0.25) is 4.90 Å². The molecular weight excluding hydrogens is 350 g/mol. The van der Waals surface area contributed by atoms with Crippen LogP contribution in [-0.4, -0.2) is 29.6 Å². The Morgan fingerprint density at radius 3 is 2.48 bits per heavy atom. The van der Waals surface area contributed by atoms with Gasteiger partial charge in [0.1, 0.15) is 0 Å². The van der Waals surface area contributed by atoms with Crippen molar-refractivity contribution in [1.29, 1.82) is 0 Å². The Hall–Kier alpha value is -1.91. The van der Waals surface area contributed by atoms with Gasteiger partial charge in [0.05, 0.1) is 0 Å². The molecule has 0 saturated carbocycles. The lowest BCUT2D eigenvalue weighted by Gasteiger charge is -2.25. The number of nitrogens with one attached hydrogen (secondary N) is 2. The number of thiocarbonyl (C=S) groups is 1. The van der Waals surface area contributed by atoms with Crippen molar-refractivity contribution in [3.8, 4) is 0 Å². The van der Waals surface area contributed by atoms with Crippen LogP contribution in [0.3, 0.4) is 0 Å². The van der Waals surface area contributed by atoms with Crippen LogP contribution in [0.15, 0.2) is 42.5 Å². The maximum absolute atomic E-state index is 5.54. The zero-order chi connectivity index (χ0) is 19.4. The summed E-state index contributed by atoms with van der Waals surface area (Å²) in [5.74, 6) is 0.635. The smallest absolute Gasteiger partial charge is 0.170 e. The highest BCUT2D eigenvalue weighted by Crippen LogP contribution is 2.27. The van der Waals surface area contributed by atoms with Crippen molar-refractivity contribution in [3.05, 3.63) is 64.7 Å². The molecule has 2 atom stereocenters. The number of nitrogens with zero attached hydrogens (tertiary/aromatic N) is 1. The van der Waals surface area contributed by atoms with Crippen LogP contribution < -0.4 is 10.6 Å². The molecule has 27 heavy (non-hydrogen) atoms. The predicted molar refractivity (Wildman–Crippen MR) is 119 cm³/mol. The number of hydrogen-bond donors (Lipinski definition) is 2. The minimum absolute atomic E-state index is 0.471. The van der Waals surface area contributed by atoms with E-state index < -0.39 is 0 Å². The average molecular weight is 382 g/mol. The summed E-state index contributed by atoms with van der Waals surface area (Å²) in [5.41, 5.74) is 6.28. The SMILES string of the molecule is Cc1cc(C)c(NC(=S)NC[C@H]2CCN([C@H](C)c3ccccc3)C2)c(C)c1. The third-order valence-corrected chi connectivity index (χ3v) is 5.86. The van der Waals surface area contributed by atoms with Crippen LogP contribution in [-0.2, 0) is 0 Å². The first-order valence-electron chi connectivity index (χ1n) is 9.85. The number of hydrogen-bond acceptors (Lipinski definition) is 2. The normalized spacial score (nSPS) is 18.3. The van der Waals surface area contributed by atoms with Gasteiger partial charge in [-0.2, -0.15) is 0 Å². The highest BCUT2D eigenvalue weighted by Gasteiger charge is 2.26. The summed E-state index contributed by atoms with van der Waals surface area (Å²) < 4.78 is 0. The largest absolute Gasteiger partial charge is 0.362 e. The van der Waals surface area contributed by atoms with Gasteiger partial charge in [-0.15, -0.1) is 0 Å². The van der Waals surface area contributed by atoms with Gasteiger partial charge in [0.2, 0.25) is 0 Å². The number of anilines is 1. The molecule has 1 saturated heterocycles. The maximum Gasteiger partial charge on any atom is 0.170 e. The lowest BCUT2D eigenvalue weighted by Crippen LogP contribution is -2.34. The van der Waals surface area contributed by atoms with Crippen molar-refractivity contribution in [2.75, 3.05) is 25.0 Å². The molecule has 0 bridgehead atoms.